The first kappa shape index (κ1) is 17.0. The van der Waals surface area contributed by atoms with Crippen LogP contribution in [0.1, 0.15) is 15.9 Å². The Hall–Kier alpha value is -2.34. The molecule has 0 fully saturated rings. The molecule has 0 atom stereocenters. The molecule has 0 saturated heterocycles. The fourth-order valence-electron chi connectivity index (χ4n) is 1.93. The molecule has 1 N–H and O–H groups in total. The Kier molecular flexibility index (Phi) is 5.76. The van der Waals surface area contributed by atoms with Gasteiger partial charge in [-0.3, -0.25) is 4.79 Å². The normalized spacial score (nSPS) is 10.0. The van der Waals surface area contributed by atoms with E-state index in [1.807, 2.05) is 19.1 Å². The van der Waals surface area contributed by atoms with E-state index in [1.165, 1.54) is 7.11 Å². The van der Waals surface area contributed by atoms with E-state index in [2.05, 4.69) is 26.0 Å². The van der Waals surface area contributed by atoms with Crippen LogP contribution in [0.2, 0.25) is 0 Å². The van der Waals surface area contributed by atoms with Gasteiger partial charge in [-0.25, -0.2) is 4.79 Å². The number of esters is 1. The van der Waals surface area contributed by atoms with Gasteiger partial charge in [-0.05, 0) is 42.8 Å². The number of hydrogen-bond acceptors (Lipinski definition) is 4. The first-order chi connectivity index (χ1) is 11.0. The SMILES string of the molecule is COC(=O)c1ccccc1OCC(=O)Nc1ccc(Br)c(C)c1. The van der Waals surface area contributed by atoms with Crippen LogP contribution in [0.15, 0.2) is 46.9 Å². The molecule has 0 heterocycles. The van der Waals surface area contributed by atoms with E-state index < -0.39 is 5.97 Å². The number of nitrogens with one attached hydrogen (secondary N) is 1. The van der Waals surface area contributed by atoms with Crippen LogP contribution in [0.25, 0.3) is 0 Å². The predicted molar refractivity (Wildman–Crippen MR) is 90.8 cm³/mol. The topological polar surface area (TPSA) is 64.6 Å². The van der Waals surface area contributed by atoms with Gasteiger partial charge in [0.05, 0.1) is 7.11 Å². The van der Waals surface area contributed by atoms with E-state index in [1.54, 1.807) is 30.3 Å². The third-order valence-corrected chi connectivity index (χ3v) is 3.98. The van der Waals surface area contributed by atoms with E-state index in [0.717, 1.165) is 10.0 Å². The molecule has 6 heteroatoms. The Morgan fingerprint density at radius 3 is 2.61 bits per heavy atom. The summed E-state index contributed by atoms with van der Waals surface area (Å²) in [6.07, 6.45) is 0. The van der Waals surface area contributed by atoms with E-state index >= 15 is 0 Å². The summed E-state index contributed by atoms with van der Waals surface area (Å²) in [5, 5.41) is 2.74. The number of halogens is 1. The van der Waals surface area contributed by atoms with Crippen LogP contribution < -0.4 is 10.1 Å². The number of amides is 1. The van der Waals surface area contributed by atoms with Gasteiger partial charge in [0.15, 0.2) is 6.61 Å². The minimum atomic E-state index is -0.510. The van der Waals surface area contributed by atoms with Crippen molar-refractivity contribution in [2.45, 2.75) is 6.92 Å². The van der Waals surface area contributed by atoms with Crippen molar-refractivity contribution < 1.29 is 19.1 Å². The molecule has 5 nitrogen and oxygen atoms in total. The fraction of sp³-hybridized carbons (Fsp3) is 0.176. The van der Waals surface area contributed by atoms with Crippen molar-refractivity contribution in [3.8, 4) is 5.75 Å². The summed E-state index contributed by atoms with van der Waals surface area (Å²) in [5.74, 6) is -0.516. The number of rotatable bonds is 5. The lowest BCUT2D eigenvalue weighted by Crippen LogP contribution is -2.21. The lowest BCUT2D eigenvalue weighted by Gasteiger charge is -2.11. The third kappa shape index (κ3) is 4.56. The zero-order valence-corrected chi connectivity index (χ0v) is 14.3. The van der Waals surface area contributed by atoms with Gasteiger partial charge in [0.2, 0.25) is 0 Å². The summed E-state index contributed by atoms with van der Waals surface area (Å²) in [4.78, 5) is 23.6. The Bertz CT molecular complexity index is 730. The maximum Gasteiger partial charge on any atom is 0.341 e. The Labute approximate surface area is 142 Å². The Morgan fingerprint density at radius 1 is 1.17 bits per heavy atom. The minimum absolute atomic E-state index is 0.205. The van der Waals surface area contributed by atoms with Crippen molar-refractivity contribution in [2.75, 3.05) is 19.0 Å². The number of ether oxygens (including phenoxy) is 2. The molecular weight excluding hydrogens is 362 g/mol. The number of anilines is 1. The van der Waals surface area contributed by atoms with Crippen LogP contribution in [0, 0.1) is 6.92 Å². The molecule has 2 aromatic rings. The summed E-state index contributed by atoms with van der Waals surface area (Å²) in [6, 6.07) is 12.1. The molecule has 0 aliphatic carbocycles. The highest BCUT2D eigenvalue weighted by molar-refractivity contribution is 9.10. The molecule has 0 spiro atoms. The van der Waals surface area contributed by atoms with Gasteiger partial charge in [0, 0.05) is 10.2 Å². The van der Waals surface area contributed by atoms with E-state index in [4.69, 9.17) is 4.74 Å². The average molecular weight is 378 g/mol. The van der Waals surface area contributed by atoms with E-state index in [-0.39, 0.29) is 18.1 Å². The summed E-state index contributed by atoms with van der Waals surface area (Å²) in [6.45, 7) is 1.73. The van der Waals surface area contributed by atoms with Gasteiger partial charge in [0.25, 0.3) is 5.91 Å². The maximum atomic E-state index is 12.0. The van der Waals surface area contributed by atoms with Crippen LogP contribution in [0.4, 0.5) is 5.69 Å². The molecule has 0 aromatic heterocycles. The van der Waals surface area contributed by atoms with Crippen LogP contribution >= 0.6 is 15.9 Å². The summed E-state index contributed by atoms with van der Waals surface area (Å²) >= 11 is 3.40. The molecule has 1 amide bonds. The largest absolute Gasteiger partial charge is 0.483 e. The lowest BCUT2D eigenvalue weighted by atomic mass is 10.2. The number of methoxy groups -OCH3 is 1. The molecule has 120 valence electrons. The second-order valence-corrected chi connectivity index (χ2v) is 5.64. The summed E-state index contributed by atoms with van der Waals surface area (Å²) in [5.41, 5.74) is 1.97. The Morgan fingerprint density at radius 2 is 1.91 bits per heavy atom. The van der Waals surface area contributed by atoms with Gasteiger partial charge < -0.3 is 14.8 Å². The minimum Gasteiger partial charge on any atom is -0.483 e. The van der Waals surface area contributed by atoms with Crippen molar-refractivity contribution in [1.29, 1.82) is 0 Å². The van der Waals surface area contributed by atoms with Crippen LogP contribution in [-0.4, -0.2) is 25.6 Å². The quantitative estimate of drug-likeness (QED) is 0.809. The van der Waals surface area contributed by atoms with Crippen molar-refractivity contribution in [3.05, 3.63) is 58.1 Å². The summed E-state index contributed by atoms with van der Waals surface area (Å²) in [7, 11) is 1.29. The second-order valence-electron chi connectivity index (χ2n) is 4.79. The first-order valence-corrected chi connectivity index (χ1v) is 7.66. The first-order valence-electron chi connectivity index (χ1n) is 6.87. The highest BCUT2D eigenvalue weighted by Crippen LogP contribution is 2.21. The standard InChI is InChI=1S/C17H16BrNO4/c1-11-9-12(7-8-14(11)18)19-16(20)10-23-15-6-4-3-5-13(15)17(21)22-2/h3-9H,10H2,1-2H3,(H,19,20). The molecule has 0 bridgehead atoms. The average Bonchev–Trinajstić information content (AvgIpc) is 2.56. The van der Waals surface area contributed by atoms with Gasteiger partial charge in [-0.1, -0.05) is 28.1 Å². The highest BCUT2D eigenvalue weighted by atomic mass is 79.9. The van der Waals surface area contributed by atoms with Gasteiger partial charge in [0.1, 0.15) is 11.3 Å². The molecule has 0 aliphatic heterocycles. The zero-order valence-electron chi connectivity index (χ0n) is 12.8. The molecule has 2 aromatic carbocycles. The van der Waals surface area contributed by atoms with Gasteiger partial charge in [-0.15, -0.1) is 0 Å². The zero-order chi connectivity index (χ0) is 16.8. The van der Waals surface area contributed by atoms with Gasteiger partial charge >= 0.3 is 5.97 Å². The number of benzene rings is 2. The maximum absolute atomic E-state index is 12.0. The monoisotopic (exact) mass is 377 g/mol. The van der Waals surface area contributed by atoms with Crippen molar-refractivity contribution in [2.24, 2.45) is 0 Å². The molecule has 2 rings (SSSR count). The third-order valence-electron chi connectivity index (χ3n) is 3.09. The molecule has 0 radical (unpaired) electrons. The number of carbonyl (C=O) groups excluding carboxylic acids is 2. The Balaban J connectivity index is 1.99. The van der Waals surface area contributed by atoms with Crippen LogP contribution in [0.5, 0.6) is 5.75 Å². The van der Waals surface area contributed by atoms with E-state index in [0.29, 0.717) is 11.4 Å². The second kappa shape index (κ2) is 7.78. The van der Waals surface area contributed by atoms with Crippen LogP contribution in [0.3, 0.4) is 0 Å². The summed E-state index contributed by atoms with van der Waals surface area (Å²) < 4.78 is 11.1. The molecule has 0 aliphatic rings. The van der Waals surface area contributed by atoms with Gasteiger partial charge in [-0.2, -0.15) is 0 Å². The highest BCUT2D eigenvalue weighted by Gasteiger charge is 2.13. The van der Waals surface area contributed by atoms with Crippen LogP contribution in [-0.2, 0) is 9.53 Å². The molecule has 0 saturated carbocycles. The number of carbonyl (C=O) groups is 2. The van der Waals surface area contributed by atoms with Crippen molar-refractivity contribution in [1.82, 2.24) is 0 Å². The molecular formula is C17H16BrNO4. The fourth-order valence-corrected chi connectivity index (χ4v) is 2.18. The van der Waals surface area contributed by atoms with Crippen molar-refractivity contribution >= 4 is 33.5 Å². The number of hydrogen-bond donors (Lipinski definition) is 1. The van der Waals surface area contributed by atoms with Crippen molar-refractivity contribution in [3.63, 3.8) is 0 Å². The lowest BCUT2D eigenvalue weighted by molar-refractivity contribution is -0.118. The molecule has 23 heavy (non-hydrogen) atoms. The smallest absolute Gasteiger partial charge is 0.341 e. The molecule has 0 unspecified atom stereocenters. The predicted octanol–water partition coefficient (Wildman–Crippen LogP) is 3.56. The number of aryl methyl sites for hydroxylation is 1. The van der Waals surface area contributed by atoms with E-state index in [9.17, 15) is 9.59 Å². The number of para-hydroxylation sites is 1.